The molecule has 0 bridgehead atoms. The SMILES string of the molecule is Cc1cc(Br)cc([N+](=O)[O-])c1OCCCCCCCl. The Balaban J connectivity index is 2.59. The van der Waals surface area contributed by atoms with Gasteiger partial charge in [-0.1, -0.05) is 28.8 Å². The molecule has 0 atom stereocenters. The molecule has 0 heterocycles. The van der Waals surface area contributed by atoms with E-state index in [0.717, 1.165) is 31.2 Å². The lowest BCUT2D eigenvalue weighted by Crippen LogP contribution is -2.02. The fourth-order valence-electron chi connectivity index (χ4n) is 1.76. The van der Waals surface area contributed by atoms with E-state index in [1.807, 2.05) is 6.07 Å². The predicted octanol–water partition coefficient (Wildman–Crippen LogP) is 4.84. The van der Waals surface area contributed by atoms with Crippen molar-refractivity contribution in [1.82, 2.24) is 0 Å². The number of benzene rings is 1. The summed E-state index contributed by atoms with van der Waals surface area (Å²) in [6.07, 6.45) is 3.97. The van der Waals surface area contributed by atoms with Crippen molar-refractivity contribution in [3.63, 3.8) is 0 Å². The smallest absolute Gasteiger partial charge is 0.312 e. The third-order valence-corrected chi connectivity index (χ3v) is 3.42. The van der Waals surface area contributed by atoms with Gasteiger partial charge in [-0.3, -0.25) is 10.1 Å². The Labute approximate surface area is 126 Å². The highest BCUT2D eigenvalue weighted by molar-refractivity contribution is 9.10. The highest BCUT2D eigenvalue weighted by Crippen LogP contribution is 2.34. The van der Waals surface area contributed by atoms with E-state index >= 15 is 0 Å². The maximum absolute atomic E-state index is 11.0. The Morgan fingerprint density at radius 3 is 2.63 bits per heavy atom. The fourth-order valence-corrected chi connectivity index (χ4v) is 2.51. The molecular formula is C13H17BrClNO3. The number of alkyl halides is 1. The van der Waals surface area contributed by atoms with Gasteiger partial charge in [-0.2, -0.15) is 0 Å². The van der Waals surface area contributed by atoms with Crippen LogP contribution in [0.4, 0.5) is 5.69 Å². The van der Waals surface area contributed by atoms with Crippen LogP contribution < -0.4 is 4.74 Å². The molecule has 0 aromatic heterocycles. The largest absolute Gasteiger partial charge is 0.487 e. The van der Waals surface area contributed by atoms with Gasteiger partial charge in [0.2, 0.25) is 0 Å². The minimum Gasteiger partial charge on any atom is -0.487 e. The summed E-state index contributed by atoms with van der Waals surface area (Å²) in [5.74, 6) is 1.04. The van der Waals surface area contributed by atoms with Gasteiger partial charge in [0.1, 0.15) is 0 Å². The van der Waals surface area contributed by atoms with Crippen molar-refractivity contribution in [2.75, 3.05) is 12.5 Å². The molecular weight excluding hydrogens is 334 g/mol. The first-order chi connectivity index (χ1) is 9.06. The van der Waals surface area contributed by atoms with Crippen molar-refractivity contribution in [3.8, 4) is 5.75 Å². The van der Waals surface area contributed by atoms with Crippen LogP contribution >= 0.6 is 27.5 Å². The van der Waals surface area contributed by atoms with Gasteiger partial charge in [-0.05, 0) is 31.4 Å². The molecule has 0 aliphatic carbocycles. The van der Waals surface area contributed by atoms with Crippen LogP contribution in [0.3, 0.4) is 0 Å². The second-order valence-electron chi connectivity index (χ2n) is 4.28. The van der Waals surface area contributed by atoms with Crippen LogP contribution in [0.1, 0.15) is 31.2 Å². The van der Waals surface area contributed by atoms with Gasteiger partial charge >= 0.3 is 5.69 Å². The minimum absolute atomic E-state index is 0.00707. The van der Waals surface area contributed by atoms with Gasteiger partial charge in [0, 0.05) is 16.4 Å². The summed E-state index contributed by atoms with van der Waals surface area (Å²) < 4.78 is 6.26. The highest BCUT2D eigenvalue weighted by Gasteiger charge is 2.18. The van der Waals surface area contributed by atoms with Gasteiger partial charge in [0.25, 0.3) is 0 Å². The van der Waals surface area contributed by atoms with E-state index in [9.17, 15) is 10.1 Å². The molecule has 0 aliphatic rings. The summed E-state index contributed by atoms with van der Waals surface area (Å²) in [5, 5.41) is 11.0. The molecule has 0 unspecified atom stereocenters. The number of hydrogen-bond acceptors (Lipinski definition) is 3. The number of ether oxygens (including phenoxy) is 1. The summed E-state index contributed by atoms with van der Waals surface area (Å²) in [6.45, 7) is 2.30. The molecule has 1 rings (SSSR count). The van der Waals surface area contributed by atoms with Crippen molar-refractivity contribution in [1.29, 1.82) is 0 Å². The third-order valence-electron chi connectivity index (χ3n) is 2.69. The predicted molar refractivity (Wildman–Crippen MR) is 80.2 cm³/mol. The van der Waals surface area contributed by atoms with Gasteiger partial charge in [-0.15, -0.1) is 11.6 Å². The summed E-state index contributed by atoms with van der Waals surface area (Å²) in [5.41, 5.74) is 0.773. The van der Waals surface area contributed by atoms with Crippen molar-refractivity contribution >= 4 is 33.2 Å². The topological polar surface area (TPSA) is 52.4 Å². The average Bonchev–Trinajstić information content (AvgIpc) is 2.34. The molecule has 0 saturated carbocycles. The van der Waals surface area contributed by atoms with E-state index in [0.29, 0.717) is 22.7 Å². The van der Waals surface area contributed by atoms with E-state index in [-0.39, 0.29) is 5.69 Å². The van der Waals surface area contributed by atoms with E-state index in [2.05, 4.69) is 15.9 Å². The van der Waals surface area contributed by atoms with E-state index in [1.165, 1.54) is 6.07 Å². The van der Waals surface area contributed by atoms with Crippen molar-refractivity contribution in [2.45, 2.75) is 32.6 Å². The molecule has 4 nitrogen and oxygen atoms in total. The van der Waals surface area contributed by atoms with E-state index in [1.54, 1.807) is 6.92 Å². The Bertz CT molecular complexity index is 440. The lowest BCUT2D eigenvalue weighted by molar-refractivity contribution is -0.386. The molecule has 0 spiro atoms. The third kappa shape index (κ3) is 5.37. The van der Waals surface area contributed by atoms with E-state index < -0.39 is 4.92 Å². The average molecular weight is 351 g/mol. The summed E-state index contributed by atoms with van der Waals surface area (Å²) in [6, 6.07) is 3.28. The van der Waals surface area contributed by atoms with Crippen molar-refractivity contribution in [2.24, 2.45) is 0 Å². The Morgan fingerprint density at radius 2 is 2.00 bits per heavy atom. The first-order valence-corrected chi connectivity index (χ1v) is 7.52. The number of nitro benzene ring substituents is 1. The zero-order valence-corrected chi connectivity index (χ0v) is 13.2. The van der Waals surface area contributed by atoms with Crippen LogP contribution in [0.2, 0.25) is 0 Å². The molecule has 0 radical (unpaired) electrons. The molecule has 0 amide bonds. The monoisotopic (exact) mass is 349 g/mol. The van der Waals surface area contributed by atoms with Crippen molar-refractivity contribution < 1.29 is 9.66 Å². The molecule has 1 aromatic carbocycles. The Hall–Kier alpha value is -0.810. The number of nitro groups is 1. The summed E-state index contributed by atoms with van der Waals surface area (Å²) >= 11 is 8.84. The minimum atomic E-state index is -0.416. The normalized spacial score (nSPS) is 10.5. The van der Waals surface area contributed by atoms with Crippen LogP contribution in [0.25, 0.3) is 0 Å². The number of hydrogen-bond donors (Lipinski definition) is 0. The highest BCUT2D eigenvalue weighted by atomic mass is 79.9. The van der Waals surface area contributed by atoms with Gasteiger partial charge in [0.05, 0.1) is 11.5 Å². The standard InChI is InChI=1S/C13H17BrClNO3/c1-10-8-11(14)9-12(16(17)18)13(10)19-7-5-3-2-4-6-15/h8-9H,2-7H2,1H3. The van der Waals surface area contributed by atoms with Gasteiger partial charge in [-0.25, -0.2) is 0 Å². The zero-order chi connectivity index (χ0) is 14.3. The molecule has 0 aliphatic heterocycles. The quantitative estimate of drug-likeness (QED) is 0.292. The number of rotatable bonds is 8. The molecule has 0 fully saturated rings. The molecule has 19 heavy (non-hydrogen) atoms. The Morgan fingerprint density at radius 1 is 1.32 bits per heavy atom. The maximum Gasteiger partial charge on any atom is 0.312 e. The van der Waals surface area contributed by atoms with Crippen molar-refractivity contribution in [3.05, 3.63) is 32.3 Å². The van der Waals surface area contributed by atoms with Crippen LogP contribution in [-0.2, 0) is 0 Å². The second-order valence-corrected chi connectivity index (χ2v) is 5.57. The summed E-state index contributed by atoms with van der Waals surface area (Å²) in [4.78, 5) is 10.6. The fraction of sp³-hybridized carbons (Fsp3) is 0.538. The van der Waals surface area contributed by atoms with Gasteiger partial charge < -0.3 is 4.74 Å². The van der Waals surface area contributed by atoms with E-state index in [4.69, 9.17) is 16.3 Å². The number of nitrogens with zero attached hydrogens (tertiary/aromatic N) is 1. The molecule has 106 valence electrons. The lowest BCUT2D eigenvalue weighted by atomic mass is 10.2. The lowest BCUT2D eigenvalue weighted by Gasteiger charge is -2.10. The molecule has 0 N–H and O–H groups in total. The van der Waals surface area contributed by atoms with Crippen LogP contribution in [0.15, 0.2) is 16.6 Å². The van der Waals surface area contributed by atoms with Crippen LogP contribution in [0, 0.1) is 17.0 Å². The second kappa shape index (κ2) is 8.38. The maximum atomic E-state index is 11.0. The van der Waals surface area contributed by atoms with Crippen LogP contribution in [-0.4, -0.2) is 17.4 Å². The summed E-state index contributed by atoms with van der Waals surface area (Å²) in [7, 11) is 0. The first-order valence-electron chi connectivity index (χ1n) is 6.19. The Kier molecular flexibility index (Phi) is 7.16. The zero-order valence-electron chi connectivity index (χ0n) is 10.8. The molecule has 0 saturated heterocycles. The number of unbranched alkanes of at least 4 members (excludes halogenated alkanes) is 3. The van der Waals surface area contributed by atoms with Crippen LogP contribution in [0.5, 0.6) is 5.75 Å². The molecule has 6 heteroatoms. The first kappa shape index (κ1) is 16.2. The number of aryl methyl sites for hydroxylation is 1. The van der Waals surface area contributed by atoms with Gasteiger partial charge in [0.15, 0.2) is 5.75 Å². The number of halogens is 2. The molecule has 1 aromatic rings.